The van der Waals surface area contributed by atoms with Crippen molar-refractivity contribution in [3.05, 3.63) is 36.5 Å². The van der Waals surface area contributed by atoms with E-state index in [1.807, 2.05) is 31.2 Å². The number of allylic oxidation sites excluding steroid dienone is 4. The second kappa shape index (κ2) is 11.8. The fourth-order valence-electron chi connectivity index (χ4n) is 3.00. The van der Waals surface area contributed by atoms with Crippen molar-refractivity contribution in [3.63, 3.8) is 0 Å². The molecule has 0 aromatic rings. The normalized spacial score (nSPS) is 25.6. The van der Waals surface area contributed by atoms with Gasteiger partial charge in [0.05, 0.1) is 12.2 Å². The lowest BCUT2D eigenvalue weighted by atomic mass is 9.90. The van der Waals surface area contributed by atoms with Gasteiger partial charge in [0.25, 0.3) is 0 Å². The zero-order chi connectivity index (χ0) is 18.7. The van der Waals surface area contributed by atoms with Gasteiger partial charge in [0.1, 0.15) is 5.78 Å². The minimum Gasteiger partial charge on any atom is -0.481 e. The second-order valence-electron chi connectivity index (χ2n) is 6.49. The van der Waals surface area contributed by atoms with Crippen LogP contribution in [0.3, 0.4) is 0 Å². The predicted molar refractivity (Wildman–Crippen MR) is 97.0 cm³/mol. The van der Waals surface area contributed by atoms with Gasteiger partial charge in [-0.1, -0.05) is 43.4 Å². The maximum atomic E-state index is 12.1. The van der Waals surface area contributed by atoms with Crippen molar-refractivity contribution >= 4 is 11.8 Å². The van der Waals surface area contributed by atoms with Crippen LogP contribution in [0.2, 0.25) is 0 Å². The summed E-state index contributed by atoms with van der Waals surface area (Å²) in [4.78, 5) is 22.5. The van der Waals surface area contributed by atoms with Crippen LogP contribution in [0.1, 0.15) is 51.9 Å². The number of hydrogen-bond donors (Lipinski definition) is 3. The van der Waals surface area contributed by atoms with E-state index in [1.54, 1.807) is 12.2 Å². The van der Waals surface area contributed by atoms with Crippen LogP contribution in [0.4, 0.5) is 0 Å². The first-order valence-electron chi connectivity index (χ1n) is 9.04. The minimum atomic E-state index is -0.803. The number of carbonyl (C=O) groups is 2. The molecule has 0 aromatic heterocycles. The number of carbonyl (C=O) groups excluding carboxylic acids is 1. The molecule has 140 valence electrons. The van der Waals surface area contributed by atoms with Gasteiger partial charge in [-0.15, -0.1) is 0 Å². The van der Waals surface area contributed by atoms with E-state index in [0.29, 0.717) is 25.7 Å². The van der Waals surface area contributed by atoms with E-state index in [0.717, 1.165) is 6.42 Å². The Kier molecular flexibility index (Phi) is 10.0. The van der Waals surface area contributed by atoms with Gasteiger partial charge < -0.3 is 15.3 Å². The summed E-state index contributed by atoms with van der Waals surface area (Å²) >= 11 is 0. The molecule has 1 rings (SSSR count). The highest BCUT2D eigenvalue weighted by Crippen LogP contribution is 2.33. The summed E-state index contributed by atoms with van der Waals surface area (Å²) in [6.45, 7) is 2.02. The number of Topliss-reactive ketones (excluding diaryl/α,β-unsaturated/α-hetero) is 1. The molecule has 1 aliphatic carbocycles. The highest BCUT2D eigenvalue weighted by atomic mass is 16.4. The molecule has 5 nitrogen and oxygen atoms in total. The standard InChI is InChI=1S/C20H30O5/c1-2-3-6-9-15(21)12-13-17-16(18(22)14-19(17)23)10-7-4-5-8-11-20(24)25/h3-4,6-7,12-13,15-18,21-22H,2,5,8-11,14H2,1H3,(H,24,25)/b6-3-,7-4-,13-12+/t15?,16?,17-,18+/m1/s1. The molecular formula is C20H30O5. The molecule has 2 unspecified atom stereocenters. The molecule has 1 aliphatic rings. The van der Waals surface area contributed by atoms with Crippen molar-refractivity contribution < 1.29 is 24.9 Å². The first-order valence-corrected chi connectivity index (χ1v) is 9.04. The Bertz CT molecular complexity index is 506. The Morgan fingerprint density at radius 2 is 2.04 bits per heavy atom. The molecule has 0 amide bonds. The van der Waals surface area contributed by atoms with Crippen LogP contribution in [0.15, 0.2) is 36.5 Å². The van der Waals surface area contributed by atoms with E-state index in [-0.39, 0.29) is 30.5 Å². The van der Waals surface area contributed by atoms with Crippen LogP contribution in [0.5, 0.6) is 0 Å². The summed E-state index contributed by atoms with van der Waals surface area (Å²) in [5, 5.41) is 28.6. The van der Waals surface area contributed by atoms with Crippen LogP contribution in [0, 0.1) is 11.8 Å². The number of aliphatic hydroxyl groups is 2. The van der Waals surface area contributed by atoms with E-state index >= 15 is 0 Å². The van der Waals surface area contributed by atoms with Crippen LogP contribution < -0.4 is 0 Å². The molecule has 0 bridgehead atoms. The first kappa shape index (κ1) is 21.3. The number of carboxylic acids is 1. The quantitative estimate of drug-likeness (QED) is 0.393. The van der Waals surface area contributed by atoms with Crippen molar-refractivity contribution in [2.75, 3.05) is 0 Å². The Morgan fingerprint density at radius 3 is 2.72 bits per heavy atom. The number of aliphatic hydroxyl groups excluding tert-OH is 2. The molecule has 25 heavy (non-hydrogen) atoms. The molecule has 0 heterocycles. The molecule has 0 aliphatic heterocycles. The van der Waals surface area contributed by atoms with Crippen LogP contribution in [-0.4, -0.2) is 39.3 Å². The van der Waals surface area contributed by atoms with Crippen LogP contribution >= 0.6 is 0 Å². The summed E-state index contributed by atoms with van der Waals surface area (Å²) < 4.78 is 0. The molecule has 1 fully saturated rings. The smallest absolute Gasteiger partial charge is 0.303 e. The number of ketones is 1. The first-order chi connectivity index (χ1) is 12.0. The van der Waals surface area contributed by atoms with Gasteiger partial charge >= 0.3 is 5.97 Å². The average molecular weight is 350 g/mol. The minimum absolute atomic E-state index is 0.00401. The van der Waals surface area contributed by atoms with Crippen molar-refractivity contribution in [2.24, 2.45) is 11.8 Å². The van der Waals surface area contributed by atoms with Gasteiger partial charge in [-0.2, -0.15) is 0 Å². The predicted octanol–water partition coefficient (Wildman–Crippen LogP) is 3.03. The maximum Gasteiger partial charge on any atom is 0.303 e. The van der Waals surface area contributed by atoms with Crippen LogP contribution in [0.25, 0.3) is 0 Å². The number of aliphatic carboxylic acids is 1. The molecule has 0 radical (unpaired) electrons. The van der Waals surface area contributed by atoms with E-state index in [4.69, 9.17) is 5.11 Å². The van der Waals surface area contributed by atoms with Crippen molar-refractivity contribution in [3.8, 4) is 0 Å². The summed E-state index contributed by atoms with van der Waals surface area (Å²) in [5.41, 5.74) is 0. The third kappa shape index (κ3) is 8.27. The lowest BCUT2D eigenvalue weighted by molar-refractivity contribution is -0.137. The Balaban J connectivity index is 2.52. The average Bonchev–Trinajstić information content (AvgIpc) is 2.82. The van der Waals surface area contributed by atoms with E-state index in [2.05, 4.69) is 0 Å². The van der Waals surface area contributed by atoms with E-state index in [9.17, 15) is 19.8 Å². The number of unbranched alkanes of at least 4 members (excludes halogenated alkanes) is 1. The molecule has 0 saturated heterocycles. The third-order valence-corrected chi connectivity index (χ3v) is 4.39. The Morgan fingerprint density at radius 1 is 1.28 bits per heavy atom. The maximum absolute atomic E-state index is 12.1. The lowest BCUT2D eigenvalue weighted by Crippen LogP contribution is -2.19. The van der Waals surface area contributed by atoms with Crippen molar-refractivity contribution in [1.29, 1.82) is 0 Å². The van der Waals surface area contributed by atoms with Gasteiger partial charge in [-0.3, -0.25) is 9.59 Å². The molecule has 3 N–H and O–H groups in total. The highest BCUT2D eigenvalue weighted by molar-refractivity contribution is 5.86. The highest BCUT2D eigenvalue weighted by Gasteiger charge is 2.39. The van der Waals surface area contributed by atoms with Gasteiger partial charge in [0, 0.05) is 24.7 Å². The molecule has 0 aromatic carbocycles. The molecule has 5 heteroatoms. The zero-order valence-corrected chi connectivity index (χ0v) is 14.9. The SMILES string of the molecule is CC/C=C\CC(O)/C=C/[C@H]1C(=O)C[C@H](O)C1C/C=C\CCCC(=O)O. The van der Waals surface area contributed by atoms with E-state index in [1.165, 1.54) is 0 Å². The molecule has 4 atom stereocenters. The molecule has 1 saturated carbocycles. The molecule has 0 spiro atoms. The van der Waals surface area contributed by atoms with Crippen molar-refractivity contribution in [1.82, 2.24) is 0 Å². The zero-order valence-electron chi connectivity index (χ0n) is 14.9. The second-order valence-corrected chi connectivity index (χ2v) is 6.49. The summed E-state index contributed by atoms with van der Waals surface area (Å²) in [6.07, 6.45) is 13.4. The van der Waals surface area contributed by atoms with Gasteiger partial charge in [-0.05, 0) is 32.1 Å². The van der Waals surface area contributed by atoms with Crippen LogP contribution in [-0.2, 0) is 9.59 Å². The monoisotopic (exact) mass is 350 g/mol. The fraction of sp³-hybridized carbons (Fsp3) is 0.600. The van der Waals surface area contributed by atoms with Gasteiger partial charge in [-0.25, -0.2) is 0 Å². The largest absolute Gasteiger partial charge is 0.481 e. The fourth-order valence-corrected chi connectivity index (χ4v) is 3.00. The number of hydrogen-bond acceptors (Lipinski definition) is 4. The number of rotatable bonds is 11. The lowest BCUT2D eigenvalue weighted by Gasteiger charge is -2.17. The van der Waals surface area contributed by atoms with E-state index < -0.39 is 18.2 Å². The van der Waals surface area contributed by atoms with Gasteiger partial charge in [0.15, 0.2) is 0 Å². The Hall–Kier alpha value is -1.72. The Labute approximate surface area is 149 Å². The van der Waals surface area contributed by atoms with Gasteiger partial charge in [0.2, 0.25) is 0 Å². The van der Waals surface area contributed by atoms with Crippen molar-refractivity contribution in [2.45, 2.75) is 64.1 Å². The topological polar surface area (TPSA) is 94.8 Å². The molecular weight excluding hydrogens is 320 g/mol. The third-order valence-electron chi connectivity index (χ3n) is 4.39. The summed E-state index contributed by atoms with van der Waals surface area (Å²) in [7, 11) is 0. The number of carboxylic acid groups (broad SMARTS) is 1. The summed E-state index contributed by atoms with van der Waals surface area (Å²) in [6, 6.07) is 0. The summed E-state index contributed by atoms with van der Waals surface area (Å²) in [5.74, 6) is -1.35.